The first-order valence-electron chi connectivity index (χ1n) is 5.61. The van der Waals surface area contributed by atoms with E-state index in [1.54, 1.807) is 0 Å². The average Bonchev–Trinajstić information content (AvgIpc) is 2.39. The maximum atomic E-state index is 6.19. The van der Waals surface area contributed by atoms with Gasteiger partial charge < -0.3 is 5.32 Å². The lowest BCUT2D eigenvalue weighted by molar-refractivity contribution is 1.14. The minimum absolute atomic E-state index is 0.525. The van der Waals surface area contributed by atoms with Gasteiger partial charge in [-0.15, -0.1) is 0 Å². The van der Waals surface area contributed by atoms with Crippen molar-refractivity contribution in [3.05, 3.63) is 60.4 Å². The maximum Gasteiger partial charge on any atom is 0.0835 e. The summed E-state index contributed by atoms with van der Waals surface area (Å²) in [6.45, 7) is 2.75. The molecule has 1 nitrogen and oxygen atoms in total. The summed E-state index contributed by atoms with van der Waals surface area (Å²) in [6.07, 6.45) is 0. The predicted molar refractivity (Wildman–Crippen MR) is 90.4 cm³/mol. The molecule has 0 saturated heterocycles. The second-order valence-corrected chi connectivity index (χ2v) is 6.62. The number of hydrogen-bond donors (Lipinski definition) is 1. The van der Waals surface area contributed by atoms with Crippen LogP contribution in [0.1, 0.15) is 11.1 Å². The van der Waals surface area contributed by atoms with E-state index in [-0.39, 0.29) is 0 Å². The lowest BCUT2D eigenvalue weighted by atomic mass is 10.1. The molecule has 0 bridgehead atoms. The van der Waals surface area contributed by atoms with Crippen LogP contribution in [0.2, 0.25) is 10.0 Å². The Bertz CT molecular complexity index is 615. The third kappa shape index (κ3) is 3.66. The van der Waals surface area contributed by atoms with Crippen molar-refractivity contribution >= 4 is 60.7 Å². The minimum Gasteiger partial charge on any atom is -0.380 e. The Kier molecular flexibility index (Phi) is 5.18. The quantitative estimate of drug-likeness (QED) is 0.560. The van der Waals surface area contributed by atoms with Gasteiger partial charge in [0.1, 0.15) is 0 Å². The molecule has 0 aliphatic rings. The molecule has 2 aromatic carbocycles. The number of benzene rings is 2. The van der Waals surface area contributed by atoms with Gasteiger partial charge in [-0.1, -0.05) is 51.3 Å². The van der Waals surface area contributed by atoms with Crippen LogP contribution in [0.25, 0.3) is 0 Å². The van der Waals surface area contributed by atoms with Crippen molar-refractivity contribution in [2.24, 2.45) is 0 Å². The van der Waals surface area contributed by atoms with E-state index in [2.05, 4.69) is 62.3 Å². The van der Waals surface area contributed by atoms with Crippen LogP contribution in [-0.4, -0.2) is 0 Å². The van der Waals surface area contributed by atoms with E-state index in [9.17, 15) is 0 Å². The van der Waals surface area contributed by atoms with E-state index in [4.69, 9.17) is 23.2 Å². The standard InChI is InChI=1S/C14H11Br2Cl2N/c1-8-2-3-9(6-11(8)16)7-19-12-5-4-10(15)13(17)14(12)18/h2-6,19H,7H2,1H3. The Balaban J connectivity index is 2.14. The van der Waals surface area contributed by atoms with Crippen molar-refractivity contribution in [2.45, 2.75) is 13.5 Å². The lowest BCUT2D eigenvalue weighted by Gasteiger charge is -2.11. The fourth-order valence-corrected chi connectivity index (χ4v) is 2.87. The molecule has 0 aromatic heterocycles. The molecule has 0 saturated carbocycles. The van der Waals surface area contributed by atoms with Gasteiger partial charge in [0, 0.05) is 15.5 Å². The molecular formula is C14H11Br2Cl2N. The van der Waals surface area contributed by atoms with Gasteiger partial charge in [-0.2, -0.15) is 0 Å². The van der Waals surface area contributed by atoms with Crippen molar-refractivity contribution < 1.29 is 0 Å². The summed E-state index contributed by atoms with van der Waals surface area (Å²) in [6, 6.07) is 10.0. The molecule has 0 aliphatic carbocycles. The molecule has 0 radical (unpaired) electrons. The zero-order chi connectivity index (χ0) is 14.0. The molecule has 0 spiro atoms. The number of aryl methyl sites for hydroxylation is 1. The summed E-state index contributed by atoms with van der Waals surface area (Å²) < 4.78 is 1.90. The summed E-state index contributed by atoms with van der Waals surface area (Å²) in [7, 11) is 0. The maximum absolute atomic E-state index is 6.19. The summed E-state index contributed by atoms with van der Waals surface area (Å²) >= 11 is 19.1. The van der Waals surface area contributed by atoms with Crippen LogP contribution in [0.15, 0.2) is 39.3 Å². The fraction of sp³-hybridized carbons (Fsp3) is 0.143. The number of nitrogens with one attached hydrogen (secondary N) is 1. The van der Waals surface area contributed by atoms with E-state index >= 15 is 0 Å². The second-order valence-electron chi connectivity index (χ2n) is 4.16. The molecule has 1 N–H and O–H groups in total. The zero-order valence-electron chi connectivity index (χ0n) is 10.1. The first-order valence-corrected chi connectivity index (χ1v) is 7.95. The van der Waals surface area contributed by atoms with Crippen LogP contribution in [0.5, 0.6) is 0 Å². The Morgan fingerprint density at radius 3 is 2.42 bits per heavy atom. The van der Waals surface area contributed by atoms with Crippen molar-refractivity contribution in [1.82, 2.24) is 0 Å². The zero-order valence-corrected chi connectivity index (χ0v) is 14.8. The molecule has 0 unspecified atom stereocenters. The third-order valence-corrected chi connectivity index (χ3v) is 5.38. The topological polar surface area (TPSA) is 12.0 Å². The van der Waals surface area contributed by atoms with E-state index in [0.29, 0.717) is 16.6 Å². The van der Waals surface area contributed by atoms with Crippen LogP contribution in [0, 0.1) is 6.92 Å². The highest BCUT2D eigenvalue weighted by molar-refractivity contribution is 9.10. The van der Waals surface area contributed by atoms with Crippen molar-refractivity contribution in [2.75, 3.05) is 5.32 Å². The Morgan fingerprint density at radius 1 is 1.00 bits per heavy atom. The molecule has 2 aromatic rings. The van der Waals surface area contributed by atoms with Gasteiger partial charge in [-0.05, 0) is 52.2 Å². The largest absolute Gasteiger partial charge is 0.380 e. The molecule has 19 heavy (non-hydrogen) atoms. The highest BCUT2D eigenvalue weighted by Crippen LogP contribution is 2.36. The summed E-state index contributed by atoms with van der Waals surface area (Å²) in [5.41, 5.74) is 3.22. The van der Waals surface area contributed by atoms with E-state index in [1.807, 2.05) is 12.1 Å². The first kappa shape index (κ1) is 15.2. The smallest absolute Gasteiger partial charge is 0.0835 e. The Hall–Kier alpha value is -0.220. The summed E-state index contributed by atoms with van der Waals surface area (Å²) in [5, 5.41) is 4.34. The van der Waals surface area contributed by atoms with Crippen molar-refractivity contribution in [3.8, 4) is 0 Å². The molecule has 0 aliphatic heterocycles. The number of hydrogen-bond acceptors (Lipinski definition) is 1. The molecular weight excluding hydrogens is 413 g/mol. The molecule has 0 amide bonds. The Labute approximate surface area is 139 Å². The fourth-order valence-electron chi connectivity index (χ4n) is 1.61. The van der Waals surface area contributed by atoms with Crippen LogP contribution in [0.3, 0.4) is 0 Å². The van der Waals surface area contributed by atoms with Crippen LogP contribution >= 0.6 is 55.1 Å². The number of rotatable bonds is 3. The normalized spacial score (nSPS) is 10.6. The van der Waals surface area contributed by atoms with Crippen LogP contribution < -0.4 is 5.32 Å². The molecule has 0 fully saturated rings. The molecule has 2 rings (SSSR count). The SMILES string of the molecule is Cc1ccc(CNc2ccc(Br)c(Cl)c2Cl)cc1Br. The monoisotopic (exact) mass is 421 g/mol. The van der Waals surface area contributed by atoms with Crippen LogP contribution in [-0.2, 0) is 6.54 Å². The van der Waals surface area contributed by atoms with Crippen LogP contribution in [0.4, 0.5) is 5.69 Å². The third-order valence-electron chi connectivity index (χ3n) is 2.75. The van der Waals surface area contributed by atoms with Gasteiger partial charge in [-0.25, -0.2) is 0 Å². The highest BCUT2D eigenvalue weighted by atomic mass is 79.9. The van der Waals surface area contributed by atoms with E-state index in [1.165, 1.54) is 11.1 Å². The van der Waals surface area contributed by atoms with Crippen molar-refractivity contribution in [3.63, 3.8) is 0 Å². The van der Waals surface area contributed by atoms with Gasteiger partial charge in [0.2, 0.25) is 0 Å². The van der Waals surface area contributed by atoms with E-state index in [0.717, 1.165) is 14.6 Å². The van der Waals surface area contributed by atoms with Crippen molar-refractivity contribution in [1.29, 1.82) is 0 Å². The molecule has 5 heteroatoms. The van der Waals surface area contributed by atoms with Gasteiger partial charge in [0.05, 0.1) is 15.7 Å². The number of anilines is 1. The van der Waals surface area contributed by atoms with Gasteiger partial charge in [0.15, 0.2) is 0 Å². The Morgan fingerprint density at radius 2 is 1.74 bits per heavy atom. The first-order chi connectivity index (χ1) is 8.99. The van der Waals surface area contributed by atoms with E-state index < -0.39 is 0 Å². The average molecular weight is 424 g/mol. The summed E-state index contributed by atoms with van der Waals surface area (Å²) in [5.74, 6) is 0. The summed E-state index contributed by atoms with van der Waals surface area (Å²) in [4.78, 5) is 0. The molecule has 0 atom stereocenters. The highest BCUT2D eigenvalue weighted by Gasteiger charge is 2.08. The predicted octanol–water partition coefficient (Wildman–Crippen LogP) is 6.44. The van der Waals surface area contributed by atoms with Gasteiger partial charge in [0.25, 0.3) is 0 Å². The minimum atomic E-state index is 0.525. The molecule has 100 valence electrons. The second kappa shape index (κ2) is 6.49. The van der Waals surface area contributed by atoms with Gasteiger partial charge in [-0.3, -0.25) is 0 Å². The lowest BCUT2D eigenvalue weighted by Crippen LogP contribution is -2.00. The number of halogens is 4. The molecule has 0 heterocycles. The van der Waals surface area contributed by atoms with Gasteiger partial charge >= 0.3 is 0 Å².